The lowest BCUT2D eigenvalue weighted by Crippen LogP contribution is -2.45. The van der Waals surface area contributed by atoms with Gasteiger partial charge in [0.05, 0.1) is 24.9 Å². The molecule has 0 radical (unpaired) electrons. The Balaban J connectivity index is 1.33. The average Bonchev–Trinajstić information content (AvgIpc) is 3.03. The number of hydrogen-bond donors (Lipinski definition) is 2. The molecule has 29 heavy (non-hydrogen) atoms. The highest BCUT2D eigenvalue weighted by Gasteiger charge is 2.43. The van der Waals surface area contributed by atoms with Gasteiger partial charge in [-0.05, 0) is 30.5 Å². The van der Waals surface area contributed by atoms with Crippen LogP contribution in [0.5, 0.6) is 0 Å². The molecule has 2 atom stereocenters. The van der Waals surface area contributed by atoms with E-state index in [-0.39, 0.29) is 23.2 Å². The van der Waals surface area contributed by atoms with E-state index in [0.717, 1.165) is 38.0 Å². The molecule has 8 nitrogen and oxygen atoms in total. The molecule has 1 amide bonds. The fraction of sp³-hybridized carbons (Fsp3) is 0.476. The van der Waals surface area contributed by atoms with Crippen molar-refractivity contribution < 1.29 is 14.3 Å². The van der Waals surface area contributed by atoms with Gasteiger partial charge in [0.25, 0.3) is 5.91 Å². The molecule has 2 aromatic heterocycles. The minimum atomic E-state index is -0.359. The van der Waals surface area contributed by atoms with Crippen LogP contribution in [0, 0.1) is 0 Å². The van der Waals surface area contributed by atoms with Crippen LogP contribution in [-0.4, -0.2) is 65.3 Å². The molecule has 2 aliphatic heterocycles. The van der Waals surface area contributed by atoms with Gasteiger partial charge in [0.15, 0.2) is 0 Å². The summed E-state index contributed by atoms with van der Waals surface area (Å²) < 4.78 is 12.2. The van der Waals surface area contributed by atoms with Gasteiger partial charge in [-0.1, -0.05) is 6.07 Å². The smallest absolute Gasteiger partial charge is 0.252 e. The minimum absolute atomic E-state index is 0.0350. The third-order valence-electron chi connectivity index (χ3n) is 5.44. The summed E-state index contributed by atoms with van der Waals surface area (Å²) in [7, 11) is 0. The fourth-order valence-corrected chi connectivity index (χ4v) is 3.99. The van der Waals surface area contributed by atoms with Crippen LogP contribution in [0.25, 0.3) is 0 Å². The zero-order valence-electron chi connectivity index (χ0n) is 16.3. The highest BCUT2D eigenvalue weighted by atomic mass is 16.6. The van der Waals surface area contributed by atoms with Crippen molar-refractivity contribution in [3.05, 3.63) is 64.3 Å². The topological polar surface area (TPSA) is 96.6 Å². The van der Waals surface area contributed by atoms with Crippen LogP contribution in [0.3, 0.4) is 0 Å². The van der Waals surface area contributed by atoms with Crippen LogP contribution in [0.4, 0.5) is 0 Å². The normalized spacial score (nSPS) is 25.0. The van der Waals surface area contributed by atoms with Crippen LogP contribution in [-0.2, 0) is 16.0 Å². The highest BCUT2D eigenvalue weighted by molar-refractivity contribution is 5.93. The summed E-state index contributed by atoms with van der Waals surface area (Å²) in [5.74, 6) is -0.139. The molecular weight excluding hydrogens is 372 g/mol. The number of carbonyl (C=O) groups is 1. The molecular formula is C21H26N4O4. The second-order valence-electron chi connectivity index (χ2n) is 7.74. The molecule has 0 aliphatic carbocycles. The van der Waals surface area contributed by atoms with Crippen molar-refractivity contribution in [3.63, 3.8) is 0 Å². The van der Waals surface area contributed by atoms with Gasteiger partial charge in [0, 0.05) is 50.8 Å². The predicted molar refractivity (Wildman–Crippen MR) is 107 cm³/mol. The van der Waals surface area contributed by atoms with Crippen molar-refractivity contribution >= 4 is 5.91 Å². The van der Waals surface area contributed by atoms with E-state index in [9.17, 15) is 9.59 Å². The lowest BCUT2D eigenvalue weighted by Gasteiger charge is -2.32. The van der Waals surface area contributed by atoms with E-state index in [1.165, 1.54) is 0 Å². The quantitative estimate of drug-likeness (QED) is 0.779. The fourth-order valence-electron chi connectivity index (χ4n) is 3.99. The molecule has 2 saturated heterocycles. The maximum absolute atomic E-state index is 12.2. The SMILES string of the molecule is O=C(NC[C@@H]1CC[C@@]2(COCCN(Cc3ccc(=O)[nH]c3)C2)O1)c1cccnc1. The average molecular weight is 398 g/mol. The van der Waals surface area contributed by atoms with Gasteiger partial charge in [0.1, 0.15) is 5.60 Å². The maximum atomic E-state index is 12.2. The Labute approximate surface area is 169 Å². The zero-order valence-corrected chi connectivity index (χ0v) is 16.3. The Morgan fingerprint density at radius 2 is 2.31 bits per heavy atom. The van der Waals surface area contributed by atoms with E-state index < -0.39 is 0 Å². The Kier molecular flexibility index (Phi) is 6.03. The first kappa shape index (κ1) is 19.8. The number of rotatable bonds is 5. The van der Waals surface area contributed by atoms with Crippen molar-refractivity contribution in [1.82, 2.24) is 20.2 Å². The van der Waals surface area contributed by atoms with Gasteiger partial charge < -0.3 is 19.8 Å². The number of nitrogens with zero attached hydrogens (tertiary/aromatic N) is 2. The first-order valence-corrected chi connectivity index (χ1v) is 9.96. The summed E-state index contributed by atoms with van der Waals surface area (Å²) in [5.41, 5.74) is 1.15. The third kappa shape index (κ3) is 5.09. The number of aromatic nitrogens is 2. The molecule has 0 bridgehead atoms. The molecule has 0 unspecified atom stereocenters. The lowest BCUT2D eigenvalue weighted by molar-refractivity contribution is -0.0849. The van der Waals surface area contributed by atoms with Gasteiger partial charge in [-0.15, -0.1) is 0 Å². The first-order chi connectivity index (χ1) is 14.1. The van der Waals surface area contributed by atoms with E-state index >= 15 is 0 Å². The molecule has 8 heteroatoms. The highest BCUT2D eigenvalue weighted by Crippen LogP contribution is 2.33. The number of pyridine rings is 2. The van der Waals surface area contributed by atoms with E-state index in [2.05, 4.69) is 20.2 Å². The molecule has 2 aromatic rings. The number of ether oxygens (including phenoxy) is 2. The van der Waals surface area contributed by atoms with Gasteiger partial charge in [0.2, 0.25) is 5.56 Å². The number of nitrogens with one attached hydrogen (secondary N) is 2. The predicted octanol–water partition coefficient (Wildman–Crippen LogP) is 0.950. The number of H-pyrrole nitrogens is 1. The Hall–Kier alpha value is -2.55. The number of amides is 1. The molecule has 0 aromatic carbocycles. The zero-order chi connectivity index (χ0) is 20.1. The van der Waals surface area contributed by atoms with Crippen molar-refractivity contribution in [2.24, 2.45) is 0 Å². The monoisotopic (exact) mass is 398 g/mol. The molecule has 0 saturated carbocycles. The van der Waals surface area contributed by atoms with Crippen molar-refractivity contribution in [2.45, 2.75) is 31.1 Å². The molecule has 2 fully saturated rings. The standard InChI is InChI=1S/C21H26N4O4/c26-19-4-3-16(10-23-19)13-25-8-9-28-15-21(14-25)6-5-18(29-21)12-24-20(27)17-2-1-7-22-11-17/h1-4,7,10-11,18H,5-6,8-9,12-15H2,(H,23,26)(H,24,27)/t18-,21+/m0/s1. The maximum Gasteiger partial charge on any atom is 0.252 e. The summed E-state index contributed by atoms with van der Waals surface area (Å²) >= 11 is 0. The Bertz CT molecular complexity index is 867. The molecule has 154 valence electrons. The second kappa shape index (κ2) is 8.86. The second-order valence-corrected chi connectivity index (χ2v) is 7.74. The van der Waals surface area contributed by atoms with Crippen molar-refractivity contribution in [2.75, 3.05) is 32.8 Å². The lowest BCUT2D eigenvalue weighted by atomic mass is 10.00. The Morgan fingerprint density at radius 3 is 3.10 bits per heavy atom. The van der Waals surface area contributed by atoms with E-state index in [1.807, 2.05) is 6.07 Å². The van der Waals surface area contributed by atoms with Gasteiger partial charge in [-0.25, -0.2) is 0 Å². The van der Waals surface area contributed by atoms with Gasteiger partial charge in [-0.2, -0.15) is 0 Å². The molecule has 2 N–H and O–H groups in total. The van der Waals surface area contributed by atoms with Crippen LogP contribution in [0.2, 0.25) is 0 Å². The van der Waals surface area contributed by atoms with Crippen molar-refractivity contribution in [1.29, 1.82) is 0 Å². The molecule has 4 heterocycles. The van der Waals surface area contributed by atoms with Crippen LogP contribution < -0.4 is 10.9 Å². The van der Waals surface area contributed by atoms with Crippen LogP contribution >= 0.6 is 0 Å². The summed E-state index contributed by atoms with van der Waals surface area (Å²) in [5, 5.41) is 2.94. The van der Waals surface area contributed by atoms with Crippen LogP contribution in [0.15, 0.2) is 47.7 Å². The molecule has 4 rings (SSSR count). The molecule has 2 aliphatic rings. The number of aromatic amines is 1. The third-order valence-corrected chi connectivity index (χ3v) is 5.44. The Morgan fingerprint density at radius 1 is 1.38 bits per heavy atom. The van der Waals surface area contributed by atoms with Gasteiger partial charge in [-0.3, -0.25) is 19.5 Å². The minimum Gasteiger partial charge on any atom is -0.377 e. The first-order valence-electron chi connectivity index (χ1n) is 9.96. The summed E-state index contributed by atoms with van der Waals surface area (Å²) in [6.07, 6.45) is 6.69. The van der Waals surface area contributed by atoms with Crippen LogP contribution in [0.1, 0.15) is 28.8 Å². The largest absolute Gasteiger partial charge is 0.377 e. The summed E-state index contributed by atoms with van der Waals surface area (Å²) in [6.45, 7) is 3.98. The number of carbonyl (C=O) groups excluding carboxylic acids is 1. The van der Waals surface area contributed by atoms with Gasteiger partial charge >= 0.3 is 0 Å². The summed E-state index contributed by atoms with van der Waals surface area (Å²) in [6, 6.07) is 6.89. The van der Waals surface area contributed by atoms with E-state index in [4.69, 9.17) is 9.47 Å². The van der Waals surface area contributed by atoms with E-state index in [0.29, 0.717) is 25.3 Å². The van der Waals surface area contributed by atoms with E-state index in [1.54, 1.807) is 36.8 Å². The molecule has 1 spiro atoms. The van der Waals surface area contributed by atoms with Crippen molar-refractivity contribution in [3.8, 4) is 0 Å². The summed E-state index contributed by atoms with van der Waals surface area (Å²) in [4.78, 5) is 32.5. The number of hydrogen-bond acceptors (Lipinski definition) is 6.